The molecular formula is C21H30Cl2N4O4. The number of amides is 4. The van der Waals surface area contributed by atoms with Gasteiger partial charge in [0.2, 0.25) is 5.91 Å². The first kappa shape index (κ1) is 25.2. The van der Waals surface area contributed by atoms with Crippen LogP contribution in [0, 0.1) is 11.8 Å². The molecule has 1 aromatic carbocycles. The number of carbonyl (C=O) groups excluding carboxylic acids is 3. The molecule has 1 fully saturated rings. The molecule has 1 saturated carbocycles. The number of hydrogen-bond donors (Lipinski definition) is 4. The van der Waals surface area contributed by atoms with Crippen LogP contribution in [0.15, 0.2) is 18.2 Å². The maximum absolute atomic E-state index is 13.2. The second-order valence-electron chi connectivity index (χ2n) is 8.18. The van der Waals surface area contributed by atoms with Gasteiger partial charge in [0.25, 0.3) is 5.91 Å². The lowest BCUT2D eigenvalue weighted by Crippen LogP contribution is -2.54. The Bertz CT molecular complexity index is 785. The topological polar surface area (TPSA) is 111 Å². The van der Waals surface area contributed by atoms with Gasteiger partial charge in [-0.15, -0.1) is 0 Å². The Morgan fingerprint density at radius 2 is 1.87 bits per heavy atom. The summed E-state index contributed by atoms with van der Waals surface area (Å²) < 4.78 is 0. The fourth-order valence-corrected chi connectivity index (χ4v) is 4.17. The summed E-state index contributed by atoms with van der Waals surface area (Å²) in [5.74, 6) is -0.771. The number of nitrogens with zero attached hydrogens (tertiary/aromatic N) is 1. The molecule has 172 valence electrons. The Labute approximate surface area is 192 Å². The molecule has 2 rings (SSSR count). The minimum Gasteiger partial charge on any atom is -0.332 e. The summed E-state index contributed by atoms with van der Waals surface area (Å²) in [6.45, 7) is 3.71. The highest BCUT2D eigenvalue weighted by Crippen LogP contribution is 2.28. The fraction of sp³-hybridized carbons (Fsp3) is 0.571. The van der Waals surface area contributed by atoms with Crippen molar-refractivity contribution in [1.82, 2.24) is 15.7 Å². The first-order chi connectivity index (χ1) is 14.7. The second-order valence-corrected chi connectivity index (χ2v) is 9.02. The molecule has 1 aliphatic carbocycles. The van der Waals surface area contributed by atoms with Crippen LogP contribution in [0.2, 0.25) is 10.0 Å². The van der Waals surface area contributed by atoms with Crippen molar-refractivity contribution in [2.24, 2.45) is 11.8 Å². The van der Waals surface area contributed by atoms with Crippen LogP contribution in [0.1, 0.15) is 46.0 Å². The Kier molecular flexibility index (Phi) is 9.87. The number of benzene rings is 1. The number of rotatable bonds is 9. The number of hydrogen-bond acceptors (Lipinski definition) is 4. The first-order valence-corrected chi connectivity index (χ1v) is 11.2. The van der Waals surface area contributed by atoms with E-state index in [1.807, 2.05) is 0 Å². The SMILES string of the molecule is CC(C)[C@H](NC(=O)Nc1ccc(Cl)cc1Cl)C(=O)N(CCC1CCCC1)CC(=O)NO. The van der Waals surface area contributed by atoms with Gasteiger partial charge in [-0.05, 0) is 36.5 Å². The van der Waals surface area contributed by atoms with Crippen LogP contribution in [0.5, 0.6) is 0 Å². The standard InChI is InChI=1S/C21H30Cl2N4O4/c1-13(2)19(25-21(30)24-17-8-7-15(22)11-16(17)23)20(29)27(12-18(28)26-31)10-9-14-5-3-4-6-14/h7-8,11,13-14,19,31H,3-6,9-10,12H2,1-2H3,(H,26,28)(H2,24,25,30)/t19-/m0/s1. The molecule has 1 atom stereocenters. The molecule has 4 amide bonds. The maximum Gasteiger partial charge on any atom is 0.319 e. The van der Waals surface area contributed by atoms with Gasteiger partial charge in [-0.25, -0.2) is 10.3 Å². The van der Waals surface area contributed by atoms with Gasteiger partial charge in [0.15, 0.2) is 0 Å². The predicted molar refractivity (Wildman–Crippen MR) is 120 cm³/mol. The van der Waals surface area contributed by atoms with Crippen molar-refractivity contribution in [1.29, 1.82) is 0 Å². The molecule has 0 unspecified atom stereocenters. The number of nitrogens with one attached hydrogen (secondary N) is 3. The van der Waals surface area contributed by atoms with Crippen LogP contribution in [0.4, 0.5) is 10.5 Å². The number of halogens is 2. The van der Waals surface area contributed by atoms with E-state index in [0.29, 0.717) is 23.2 Å². The third-order valence-electron chi connectivity index (χ3n) is 5.45. The summed E-state index contributed by atoms with van der Waals surface area (Å²) in [7, 11) is 0. The van der Waals surface area contributed by atoms with E-state index in [1.165, 1.54) is 23.8 Å². The fourth-order valence-electron chi connectivity index (χ4n) is 3.71. The average molecular weight is 473 g/mol. The Morgan fingerprint density at radius 1 is 1.19 bits per heavy atom. The van der Waals surface area contributed by atoms with Gasteiger partial charge in [0.05, 0.1) is 10.7 Å². The molecule has 0 radical (unpaired) electrons. The van der Waals surface area contributed by atoms with E-state index in [9.17, 15) is 14.4 Å². The number of carbonyl (C=O) groups is 3. The quantitative estimate of drug-likeness (QED) is 0.320. The Morgan fingerprint density at radius 3 is 2.45 bits per heavy atom. The van der Waals surface area contributed by atoms with Gasteiger partial charge in [-0.1, -0.05) is 62.7 Å². The number of urea groups is 1. The summed E-state index contributed by atoms with van der Waals surface area (Å²) in [4.78, 5) is 38.9. The molecule has 0 aliphatic heterocycles. The van der Waals surface area contributed by atoms with Crippen molar-refractivity contribution >= 4 is 46.7 Å². The van der Waals surface area contributed by atoms with Crippen LogP contribution in [0.3, 0.4) is 0 Å². The molecular weight excluding hydrogens is 443 g/mol. The van der Waals surface area contributed by atoms with E-state index >= 15 is 0 Å². The van der Waals surface area contributed by atoms with Gasteiger partial charge in [0, 0.05) is 11.6 Å². The second kappa shape index (κ2) is 12.1. The molecule has 4 N–H and O–H groups in total. The van der Waals surface area contributed by atoms with Gasteiger partial charge in [-0.3, -0.25) is 14.8 Å². The van der Waals surface area contributed by atoms with Crippen LogP contribution >= 0.6 is 23.2 Å². The molecule has 0 saturated heterocycles. The zero-order valence-electron chi connectivity index (χ0n) is 17.8. The lowest BCUT2D eigenvalue weighted by atomic mass is 10.0. The normalized spacial score (nSPS) is 14.9. The number of hydroxylamine groups is 1. The van der Waals surface area contributed by atoms with E-state index < -0.39 is 18.0 Å². The van der Waals surface area contributed by atoms with Crippen LogP contribution in [0.25, 0.3) is 0 Å². The minimum absolute atomic E-state index is 0.231. The van der Waals surface area contributed by atoms with E-state index in [4.69, 9.17) is 28.4 Å². The van der Waals surface area contributed by atoms with E-state index in [-0.39, 0.29) is 23.4 Å². The van der Waals surface area contributed by atoms with Gasteiger partial charge < -0.3 is 15.5 Å². The monoisotopic (exact) mass is 472 g/mol. The van der Waals surface area contributed by atoms with Crippen LogP contribution in [-0.4, -0.2) is 47.1 Å². The highest BCUT2D eigenvalue weighted by Gasteiger charge is 2.30. The smallest absolute Gasteiger partial charge is 0.319 e. The molecule has 1 aromatic rings. The molecule has 0 aromatic heterocycles. The third-order valence-corrected chi connectivity index (χ3v) is 6.00. The van der Waals surface area contributed by atoms with Gasteiger partial charge in [-0.2, -0.15) is 0 Å². The molecule has 10 heteroatoms. The lowest BCUT2D eigenvalue weighted by molar-refractivity contribution is -0.141. The lowest BCUT2D eigenvalue weighted by Gasteiger charge is -2.30. The van der Waals surface area contributed by atoms with Crippen molar-refractivity contribution < 1.29 is 19.6 Å². The van der Waals surface area contributed by atoms with Gasteiger partial charge in [0.1, 0.15) is 12.6 Å². The summed E-state index contributed by atoms with van der Waals surface area (Å²) >= 11 is 12.0. The zero-order chi connectivity index (χ0) is 23.0. The largest absolute Gasteiger partial charge is 0.332 e. The van der Waals surface area contributed by atoms with Gasteiger partial charge >= 0.3 is 6.03 Å². The highest BCUT2D eigenvalue weighted by molar-refractivity contribution is 6.36. The first-order valence-electron chi connectivity index (χ1n) is 10.5. The average Bonchev–Trinajstić information content (AvgIpc) is 3.24. The van der Waals surface area contributed by atoms with Crippen LogP contribution < -0.4 is 16.1 Å². The molecule has 0 bridgehead atoms. The minimum atomic E-state index is -0.860. The number of anilines is 1. The summed E-state index contributed by atoms with van der Waals surface area (Å²) in [6, 6.07) is 3.20. The highest BCUT2D eigenvalue weighted by atomic mass is 35.5. The van der Waals surface area contributed by atoms with Crippen molar-refractivity contribution in [3.8, 4) is 0 Å². The molecule has 31 heavy (non-hydrogen) atoms. The Balaban J connectivity index is 2.07. The summed E-state index contributed by atoms with van der Waals surface area (Å²) in [5.41, 5.74) is 1.93. The van der Waals surface area contributed by atoms with Crippen molar-refractivity contribution in [3.63, 3.8) is 0 Å². The zero-order valence-corrected chi connectivity index (χ0v) is 19.3. The maximum atomic E-state index is 13.2. The van der Waals surface area contributed by atoms with E-state index in [0.717, 1.165) is 19.3 Å². The molecule has 8 nitrogen and oxygen atoms in total. The van der Waals surface area contributed by atoms with Crippen molar-refractivity contribution in [2.45, 2.75) is 52.0 Å². The predicted octanol–water partition coefficient (Wildman–Crippen LogP) is 4.05. The van der Waals surface area contributed by atoms with Crippen molar-refractivity contribution in [3.05, 3.63) is 28.2 Å². The van der Waals surface area contributed by atoms with E-state index in [2.05, 4.69) is 10.6 Å². The summed E-state index contributed by atoms with van der Waals surface area (Å²) in [5, 5.41) is 14.9. The molecule has 0 spiro atoms. The van der Waals surface area contributed by atoms with Crippen LogP contribution in [-0.2, 0) is 9.59 Å². The Hall–Kier alpha value is -2.03. The summed E-state index contributed by atoms with van der Waals surface area (Å²) in [6.07, 6.45) is 5.37. The third kappa shape index (κ3) is 7.87. The molecule has 0 heterocycles. The van der Waals surface area contributed by atoms with Crippen molar-refractivity contribution in [2.75, 3.05) is 18.4 Å². The molecule has 1 aliphatic rings. The van der Waals surface area contributed by atoms with E-state index in [1.54, 1.807) is 31.5 Å².